The third-order valence-corrected chi connectivity index (χ3v) is 19.9. The van der Waals surface area contributed by atoms with Crippen molar-refractivity contribution in [2.45, 2.75) is 246 Å². The van der Waals surface area contributed by atoms with E-state index in [-0.39, 0.29) is 54.1 Å². The molecular weight excluding hydrogens is 1040 g/mol. The molecule has 4 saturated heterocycles. The van der Waals surface area contributed by atoms with Gasteiger partial charge in [-0.25, -0.2) is 4.79 Å². The van der Waals surface area contributed by atoms with Crippen molar-refractivity contribution in [1.29, 1.82) is 0 Å². The number of methoxy groups -OCH3 is 2. The second kappa shape index (κ2) is 24.1. The molecule has 0 aromatic carbocycles. The van der Waals surface area contributed by atoms with E-state index in [1.54, 1.807) is 46.2 Å². The Morgan fingerprint density at radius 3 is 1.97 bits per heavy atom. The quantitative estimate of drug-likeness (QED) is 0.0785. The molecule has 0 amide bonds. The van der Waals surface area contributed by atoms with Gasteiger partial charge in [-0.15, -0.1) is 0 Å². The molecule has 1 aromatic heterocycles. The number of ether oxygens (including phenoxy) is 12. The zero-order valence-corrected chi connectivity index (χ0v) is 46.3. The predicted molar refractivity (Wildman–Crippen MR) is 269 cm³/mol. The summed E-state index contributed by atoms with van der Waals surface area (Å²) in [6, 6.07) is 3.21. The minimum atomic E-state index is -1.76. The summed E-state index contributed by atoms with van der Waals surface area (Å²) >= 11 is 0. The van der Waals surface area contributed by atoms with E-state index in [1.165, 1.54) is 20.2 Å². The highest BCUT2D eigenvalue weighted by molar-refractivity contribution is 5.89. The van der Waals surface area contributed by atoms with E-state index in [2.05, 4.69) is 11.9 Å². The third-order valence-electron chi connectivity index (χ3n) is 19.9. The monoisotopic (exact) mass is 1130 g/mol. The Morgan fingerprint density at radius 1 is 0.734 bits per heavy atom. The SMILES string of the molecule is CO[C@H]1C[C@H](O[C@H]2CC[C@@]3(C)[C@@H](CC[C@@H]4[C@@H]3C[C@@H](OC(C)=O)[C@]3(C)[C@](O)([C@H](C)OC(=O)c5cccnc5)CC[C@]43O)C2)O[C@H](C)[C@H]1O[C@H]1C[C@@H](OC)[C@H](O[C@@H]2O[C@H](CO[C@@H]3O[C@H](CO)[C@@H](O)[C@H](O)[C@H]3O)[C@@H](O)[C@H](O)[C@H]2O)[C@@H](C)O1. The van der Waals surface area contributed by atoms with Crippen LogP contribution in [0.15, 0.2) is 24.5 Å². The molecule has 24 nitrogen and oxygen atoms in total. The van der Waals surface area contributed by atoms with Gasteiger partial charge in [0.15, 0.2) is 25.2 Å². The van der Waals surface area contributed by atoms with Crippen LogP contribution < -0.4 is 0 Å². The van der Waals surface area contributed by atoms with Crippen molar-refractivity contribution in [2.24, 2.45) is 28.6 Å². The minimum Gasteiger partial charge on any atom is -0.462 e. The maximum Gasteiger partial charge on any atom is 0.340 e. The van der Waals surface area contributed by atoms with Crippen LogP contribution in [0.3, 0.4) is 0 Å². The summed E-state index contributed by atoms with van der Waals surface area (Å²) in [5.41, 5.74) is -4.52. The van der Waals surface area contributed by atoms with Crippen LogP contribution >= 0.6 is 0 Å². The maximum atomic E-state index is 13.3. The van der Waals surface area contributed by atoms with Gasteiger partial charge < -0.3 is 103 Å². The van der Waals surface area contributed by atoms with Crippen LogP contribution in [0.1, 0.15) is 116 Å². The number of nitrogens with zero attached hydrogens (tertiary/aromatic N) is 1. The van der Waals surface area contributed by atoms with Crippen LogP contribution in [-0.2, 0) is 61.6 Å². The Hall–Kier alpha value is -2.67. The number of rotatable bonds is 16. The van der Waals surface area contributed by atoms with Gasteiger partial charge >= 0.3 is 11.9 Å². The number of hydrogen-bond donors (Lipinski definition) is 9. The number of hydrogen-bond acceptors (Lipinski definition) is 24. The Kier molecular flexibility index (Phi) is 18.6. The first-order valence-corrected chi connectivity index (χ1v) is 28.1. The molecule has 0 radical (unpaired) electrons. The van der Waals surface area contributed by atoms with Gasteiger partial charge in [-0.05, 0) is 107 Å². The van der Waals surface area contributed by atoms with Crippen molar-refractivity contribution < 1.29 is 112 Å². The van der Waals surface area contributed by atoms with Crippen LogP contribution in [-0.4, -0.2) is 230 Å². The molecule has 4 aliphatic heterocycles. The number of carbonyl (C=O) groups excluding carboxylic acids is 2. The molecule has 8 fully saturated rings. The Bertz CT molecular complexity index is 2220. The van der Waals surface area contributed by atoms with Crippen LogP contribution in [0.4, 0.5) is 0 Å². The van der Waals surface area contributed by atoms with Gasteiger partial charge in [0.05, 0.1) is 60.3 Å². The molecule has 448 valence electrons. The molecule has 0 spiro atoms. The molecule has 24 heteroatoms. The predicted octanol–water partition coefficient (Wildman–Crippen LogP) is 0.137. The van der Waals surface area contributed by atoms with Crippen molar-refractivity contribution in [2.75, 3.05) is 27.4 Å². The number of aliphatic hydroxyl groups excluding tert-OH is 7. The maximum absolute atomic E-state index is 13.3. The first kappa shape index (κ1) is 60.9. The topological polar surface area (TPSA) is 340 Å². The average molecular weight is 1130 g/mol. The molecule has 0 unspecified atom stereocenters. The Labute approximate surface area is 460 Å². The molecule has 0 bridgehead atoms. The zero-order valence-electron chi connectivity index (χ0n) is 46.3. The van der Waals surface area contributed by atoms with Crippen LogP contribution in [0, 0.1) is 28.6 Å². The van der Waals surface area contributed by atoms with E-state index >= 15 is 0 Å². The van der Waals surface area contributed by atoms with Crippen LogP contribution in [0.5, 0.6) is 0 Å². The number of aliphatic hydroxyl groups is 9. The molecule has 8 aliphatic rings. The summed E-state index contributed by atoms with van der Waals surface area (Å²) in [6.45, 7) is 9.46. The third kappa shape index (κ3) is 11.2. The van der Waals surface area contributed by atoms with E-state index < -0.39 is 165 Å². The van der Waals surface area contributed by atoms with Gasteiger partial charge in [0.2, 0.25) is 0 Å². The normalized spacial score (nSPS) is 49.4. The van der Waals surface area contributed by atoms with Gasteiger partial charge in [0, 0.05) is 46.4 Å². The van der Waals surface area contributed by atoms with Gasteiger partial charge in [-0.1, -0.05) is 13.8 Å². The fraction of sp³-hybridized carbons (Fsp3) is 0.873. The number of pyridine rings is 1. The number of esters is 2. The number of carbonyl (C=O) groups is 2. The van der Waals surface area contributed by atoms with Crippen molar-refractivity contribution in [3.63, 3.8) is 0 Å². The standard InChI is InChI=1S/C55H85NO23/c1-25-47(78-40-21-35(69-8)48(26(2)72-40)79-51-46(64)44(62)42(60)37(77-51)24-70-50-45(63)43(61)41(59)36(23-57)76-50)34(68-7)20-39(71-25)75-31-13-14-52(5)30(18-31)11-12-32-33(52)19-38(74-28(4)58)53(6)54(66,15-16-55(32,53)67)27(3)73-49(65)29-10-9-17-56-22-29/h9-10,17,22,25-27,30-48,50-51,57,59-64,66-67H,11-16,18-21,23-24H2,1-8H3/t25-,26-,27+,30+,31+,32-,33+,34+,35-,36-,37-,38-,39+,40+,41-,42-,43+,44+,45-,46-,47-,48-,50-,51+,52+,53-,54-,55+/m1/s1. The molecule has 5 heterocycles. The van der Waals surface area contributed by atoms with E-state index in [9.17, 15) is 55.5 Å². The van der Waals surface area contributed by atoms with Gasteiger partial charge in [0.1, 0.15) is 78.8 Å². The van der Waals surface area contributed by atoms with E-state index in [0.29, 0.717) is 19.3 Å². The molecule has 9 rings (SSSR count). The lowest BCUT2D eigenvalue weighted by Crippen LogP contribution is -2.72. The lowest BCUT2D eigenvalue weighted by atomic mass is 9.42. The first-order valence-electron chi connectivity index (χ1n) is 28.1. The van der Waals surface area contributed by atoms with Crippen molar-refractivity contribution in [1.82, 2.24) is 4.98 Å². The molecule has 1 aromatic rings. The van der Waals surface area contributed by atoms with Crippen molar-refractivity contribution in [3.8, 4) is 0 Å². The average Bonchev–Trinajstić information content (AvgIpc) is 2.68. The second-order valence-corrected chi connectivity index (χ2v) is 24.0. The van der Waals surface area contributed by atoms with Gasteiger partial charge in [-0.2, -0.15) is 0 Å². The lowest BCUT2D eigenvalue weighted by molar-refractivity contribution is -0.360. The molecule has 4 aliphatic carbocycles. The molecular formula is C55H85NO23. The minimum absolute atomic E-state index is 0.0429. The summed E-state index contributed by atoms with van der Waals surface area (Å²) in [7, 11) is 3.08. The van der Waals surface area contributed by atoms with E-state index in [4.69, 9.17) is 56.8 Å². The number of fused-ring (bicyclic) bond motifs is 5. The molecule has 9 N–H and O–H groups in total. The van der Waals surface area contributed by atoms with E-state index in [1.807, 2.05) is 6.92 Å². The van der Waals surface area contributed by atoms with Crippen molar-refractivity contribution in [3.05, 3.63) is 30.1 Å². The molecule has 28 atom stereocenters. The fourth-order valence-corrected chi connectivity index (χ4v) is 15.3. The fourth-order valence-electron chi connectivity index (χ4n) is 15.3. The number of aromatic nitrogens is 1. The largest absolute Gasteiger partial charge is 0.462 e. The Balaban J connectivity index is 0.791. The van der Waals surface area contributed by atoms with E-state index in [0.717, 1.165) is 25.7 Å². The summed E-state index contributed by atoms with van der Waals surface area (Å²) in [5.74, 6) is -1.21. The summed E-state index contributed by atoms with van der Waals surface area (Å²) in [6.07, 6.45) is -15.2. The highest BCUT2D eigenvalue weighted by atomic mass is 16.8. The first-order chi connectivity index (χ1) is 37.4. The summed E-state index contributed by atoms with van der Waals surface area (Å²) in [4.78, 5) is 30.1. The van der Waals surface area contributed by atoms with Gasteiger partial charge in [-0.3, -0.25) is 9.78 Å². The second-order valence-electron chi connectivity index (χ2n) is 24.0. The molecule has 79 heavy (non-hydrogen) atoms. The Morgan fingerprint density at radius 2 is 1.35 bits per heavy atom. The van der Waals surface area contributed by atoms with Crippen molar-refractivity contribution >= 4 is 11.9 Å². The summed E-state index contributed by atoms with van der Waals surface area (Å²) < 4.78 is 73.2. The van der Waals surface area contributed by atoms with Gasteiger partial charge in [0.25, 0.3) is 0 Å². The smallest absolute Gasteiger partial charge is 0.340 e. The highest BCUT2D eigenvalue weighted by Crippen LogP contribution is 2.71. The highest BCUT2D eigenvalue weighted by Gasteiger charge is 2.77. The molecule has 4 saturated carbocycles. The van der Waals surface area contributed by atoms with Crippen LogP contribution in [0.25, 0.3) is 0 Å². The van der Waals surface area contributed by atoms with Crippen LogP contribution in [0.2, 0.25) is 0 Å². The summed E-state index contributed by atoms with van der Waals surface area (Å²) in [5, 5.41) is 98.8. The lowest BCUT2D eigenvalue weighted by Gasteiger charge is -2.66. The zero-order chi connectivity index (χ0) is 57.1.